The van der Waals surface area contributed by atoms with Crippen molar-refractivity contribution in [2.75, 3.05) is 13.1 Å². The smallest absolute Gasteiger partial charge is 0.220 e. The summed E-state index contributed by atoms with van der Waals surface area (Å²) >= 11 is 6.18. The lowest BCUT2D eigenvalue weighted by atomic mass is 10.1. The van der Waals surface area contributed by atoms with Crippen molar-refractivity contribution in [1.82, 2.24) is 16.0 Å². The first kappa shape index (κ1) is 24.3. The number of halogens is 2. The summed E-state index contributed by atoms with van der Waals surface area (Å²) in [6.07, 6.45) is 1.35. The molecule has 1 saturated heterocycles. The molecule has 0 saturated carbocycles. The van der Waals surface area contributed by atoms with Crippen LogP contribution in [0.25, 0.3) is 0 Å². The molecule has 0 spiro atoms. The average Bonchev–Trinajstić information content (AvgIpc) is 2.74. The molecule has 30 heavy (non-hydrogen) atoms. The van der Waals surface area contributed by atoms with Gasteiger partial charge in [-0.25, -0.2) is 4.99 Å². The van der Waals surface area contributed by atoms with Crippen molar-refractivity contribution in [1.29, 1.82) is 0 Å². The number of hydrogen-bond acceptors (Lipinski definition) is 3. The van der Waals surface area contributed by atoms with Gasteiger partial charge in [-0.05, 0) is 36.6 Å². The molecule has 1 fully saturated rings. The highest BCUT2D eigenvalue weighted by Gasteiger charge is 2.18. The molecule has 1 aliphatic rings. The third-order valence-electron chi connectivity index (χ3n) is 4.70. The summed E-state index contributed by atoms with van der Waals surface area (Å²) in [5.74, 6) is 1.52. The van der Waals surface area contributed by atoms with Crippen molar-refractivity contribution >= 4 is 47.4 Å². The number of para-hydroxylation sites is 1. The zero-order valence-corrected chi connectivity index (χ0v) is 20.1. The highest BCUT2D eigenvalue weighted by atomic mass is 127. The van der Waals surface area contributed by atoms with Crippen LogP contribution in [0.3, 0.4) is 0 Å². The highest BCUT2D eigenvalue weighted by molar-refractivity contribution is 14.0. The van der Waals surface area contributed by atoms with E-state index < -0.39 is 0 Å². The van der Waals surface area contributed by atoms with Gasteiger partial charge in [-0.2, -0.15) is 0 Å². The molecule has 3 N–H and O–H groups in total. The topological polar surface area (TPSA) is 74.8 Å². The first-order chi connectivity index (χ1) is 14.2. The fraction of sp³-hybridized carbons (Fsp3) is 0.364. The van der Waals surface area contributed by atoms with Crippen LogP contribution in [0.15, 0.2) is 53.5 Å². The minimum atomic E-state index is 0. The number of nitrogens with zero attached hydrogens (tertiary/aromatic N) is 1. The first-order valence-corrected chi connectivity index (χ1v) is 10.3. The van der Waals surface area contributed by atoms with Gasteiger partial charge in [-0.1, -0.05) is 48.0 Å². The van der Waals surface area contributed by atoms with Crippen LogP contribution in [0.2, 0.25) is 5.02 Å². The Morgan fingerprint density at radius 3 is 2.63 bits per heavy atom. The number of hydrogen-bond donors (Lipinski definition) is 3. The van der Waals surface area contributed by atoms with E-state index in [1.54, 1.807) is 0 Å². The molecule has 0 bridgehead atoms. The van der Waals surface area contributed by atoms with Gasteiger partial charge in [-0.3, -0.25) is 4.79 Å². The molecular weight excluding hydrogens is 515 g/mol. The van der Waals surface area contributed by atoms with Crippen molar-refractivity contribution in [2.24, 2.45) is 4.99 Å². The van der Waals surface area contributed by atoms with Gasteiger partial charge in [0.15, 0.2) is 5.96 Å². The van der Waals surface area contributed by atoms with Crippen molar-refractivity contribution in [2.45, 2.75) is 39.0 Å². The monoisotopic (exact) mass is 542 g/mol. The van der Waals surface area contributed by atoms with Crippen molar-refractivity contribution in [3.8, 4) is 5.75 Å². The molecule has 1 unspecified atom stereocenters. The molecule has 0 aromatic heterocycles. The van der Waals surface area contributed by atoms with Gasteiger partial charge in [0.25, 0.3) is 0 Å². The number of piperidine rings is 1. The Hall–Kier alpha value is -2.00. The number of carbonyl (C=O) groups is 1. The standard InChI is InChI=1S/C22H27ClN4O2.HI/c1-2-24-22(27-18-11-12-21(28)25-14-18)26-13-16-7-3-4-8-17(16)15-29-20-10-6-5-9-19(20)23;/h3-10,18H,2,11-15H2,1H3,(H,25,28)(H2,24,26,27);1H. The van der Waals surface area contributed by atoms with E-state index in [-0.39, 0.29) is 35.9 Å². The lowest BCUT2D eigenvalue weighted by molar-refractivity contribution is -0.122. The lowest BCUT2D eigenvalue weighted by Gasteiger charge is -2.25. The van der Waals surface area contributed by atoms with Gasteiger partial charge in [-0.15, -0.1) is 24.0 Å². The Labute approximate surface area is 199 Å². The molecular formula is C22H28ClIN4O2. The molecule has 162 valence electrons. The van der Waals surface area contributed by atoms with Gasteiger partial charge in [0.2, 0.25) is 5.91 Å². The Balaban J connectivity index is 0.00000320. The number of aliphatic imine (C=N–C) groups is 1. The Morgan fingerprint density at radius 2 is 1.93 bits per heavy atom. The van der Waals surface area contributed by atoms with Crippen LogP contribution >= 0.6 is 35.6 Å². The summed E-state index contributed by atoms with van der Waals surface area (Å²) in [6.45, 7) is 4.36. The Morgan fingerprint density at radius 1 is 1.20 bits per heavy atom. The SMILES string of the molecule is CCNC(=NCc1ccccc1COc1ccccc1Cl)NC1CCC(=O)NC1.I. The third-order valence-corrected chi connectivity index (χ3v) is 5.01. The van der Waals surface area contributed by atoms with Gasteiger partial charge < -0.3 is 20.7 Å². The normalized spacial score (nSPS) is 16.3. The molecule has 0 radical (unpaired) electrons. The molecule has 8 heteroatoms. The molecule has 0 aliphatic carbocycles. The lowest BCUT2D eigenvalue weighted by Crippen LogP contribution is -2.51. The molecule has 1 heterocycles. The van der Waals surface area contributed by atoms with E-state index in [0.717, 1.165) is 30.1 Å². The van der Waals surface area contributed by atoms with Crippen LogP contribution in [-0.4, -0.2) is 31.0 Å². The predicted molar refractivity (Wildman–Crippen MR) is 132 cm³/mol. The van der Waals surface area contributed by atoms with Crippen LogP contribution in [0.1, 0.15) is 30.9 Å². The van der Waals surface area contributed by atoms with E-state index >= 15 is 0 Å². The van der Waals surface area contributed by atoms with Crippen LogP contribution in [0.4, 0.5) is 0 Å². The molecule has 3 rings (SSSR count). The second-order valence-corrected chi connectivity index (χ2v) is 7.27. The second kappa shape index (κ2) is 12.6. The van der Waals surface area contributed by atoms with E-state index in [2.05, 4.69) is 22.0 Å². The summed E-state index contributed by atoms with van der Waals surface area (Å²) in [5, 5.41) is 10.2. The summed E-state index contributed by atoms with van der Waals surface area (Å²) in [6, 6.07) is 15.7. The molecule has 1 amide bonds. The van der Waals surface area contributed by atoms with Crippen LogP contribution < -0.4 is 20.7 Å². The van der Waals surface area contributed by atoms with Crippen LogP contribution in [0, 0.1) is 0 Å². The van der Waals surface area contributed by atoms with Gasteiger partial charge in [0, 0.05) is 25.6 Å². The van der Waals surface area contributed by atoms with Crippen molar-refractivity contribution < 1.29 is 9.53 Å². The van der Waals surface area contributed by atoms with E-state index in [0.29, 0.717) is 36.9 Å². The summed E-state index contributed by atoms with van der Waals surface area (Å²) in [7, 11) is 0. The van der Waals surface area contributed by atoms with Crippen LogP contribution in [-0.2, 0) is 17.9 Å². The fourth-order valence-corrected chi connectivity index (χ4v) is 3.29. The molecule has 1 atom stereocenters. The quantitative estimate of drug-likeness (QED) is 0.282. The maximum absolute atomic E-state index is 11.3. The minimum Gasteiger partial charge on any atom is -0.487 e. The molecule has 2 aromatic carbocycles. The number of guanidine groups is 1. The third kappa shape index (κ3) is 7.36. The number of ether oxygens (including phenoxy) is 1. The van der Waals surface area contributed by atoms with Gasteiger partial charge >= 0.3 is 0 Å². The predicted octanol–water partition coefficient (Wildman–Crippen LogP) is 3.87. The summed E-state index contributed by atoms with van der Waals surface area (Å²) in [5.41, 5.74) is 2.16. The van der Waals surface area contributed by atoms with E-state index in [4.69, 9.17) is 21.3 Å². The van der Waals surface area contributed by atoms with Crippen molar-refractivity contribution in [3.05, 3.63) is 64.7 Å². The number of rotatable bonds is 7. The maximum Gasteiger partial charge on any atom is 0.220 e. The first-order valence-electron chi connectivity index (χ1n) is 9.91. The van der Waals surface area contributed by atoms with E-state index in [1.807, 2.05) is 49.4 Å². The Bertz CT molecular complexity index is 853. The van der Waals surface area contributed by atoms with Crippen molar-refractivity contribution in [3.63, 3.8) is 0 Å². The molecule has 6 nitrogen and oxygen atoms in total. The zero-order valence-electron chi connectivity index (χ0n) is 17.0. The second-order valence-electron chi connectivity index (χ2n) is 6.87. The minimum absolute atomic E-state index is 0. The zero-order chi connectivity index (χ0) is 20.5. The molecule has 2 aromatic rings. The number of nitrogens with one attached hydrogen (secondary N) is 3. The van der Waals surface area contributed by atoms with Gasteiger partial charge in [0.05, 0.1) is 11.6 Å². The summed E-state index contributed by atoms with van der Waals surface area (Å²) < 4.78 is 5.90. The molecule has 1 aliphatic heterocycles. The number of carbonyl (C=O) groups excluding carboxylic acids is 1. The number of amides is 1. The summed E-state index contributed by atoms with van der Waals surface area (Å²) in [4.78, 5) is 16.1. The largest absolute Gasteiger partial charge is 0.487 e. The van der Waals surface area contributed by atoms with E-state index in [1.165, 1.54) is 0 Å². The number of benzene rings is 2. The van der Waals surface area contributed by atoms with Gasteiger partial charge in [0.1, 0.15) is 12.4 Å². The average molecular weight is 543 g/mol. The highest BCUT2D eigenvalue weighted by Crippen LogP contribution is 2.24. The maximum atomic E-state index is 11.3. The fourth-order valence-electron chi connectivity index (χ4n) is 3.10. The Kier molecular flexibility index (Phi) is 10.2. The van der Waals surface area contributed by atoms with E-state index in [9.17, 15) is 4.79 Å². The van der Waals surface area contributed by atoms with Crippen LogP contribution in [0.5, 0.6) is 5.75 Å².